The monoisotopic (exact) mass is 533 g/mol. The van der Waals surface area contributed by atoms with Gasteiger partial charge >= 0.3 is 0 Å². The Labute approximate surface area is 238 Å². The molecule has 2 atom stereocenters. The number of aryl methyl sites for hydroxylation is 2. The summed E-state index contributed by atoms with van der Waals surface area (Å²) in [4.78, 5) is 20.2. The number of carbonyl (C=O) groups is 1. The zero-order valence-electron chi connectivity index (χ0n) is 23.9. The molecule has 40 heavy (non-hydrogen) atoms. The Morgan fingerprint density at radius 1 is 1.12 bits per heavy atom. The van der Waals surface area contributed by atoms with Crippen LogP contribution in [0.1, 0.15) is 64.0 Å². The molecular weight excluding hydrogens is 494 g/mol. The van der Waals surface area contributed by atoms with Crippen molar-refractivity contribution in [2.75, 3.05) is 32.8 Å². The van der Waals surface area contributed by atoms with Gasteiger partial charge in [-0.1, -0.05) is 66.0 Å². The molecule has 1 N–H and O–H groups in total. The van der Waals surface area contributed by atoms with Crippen LogP contribution in [-0.4, -0.2) is 49.2 Å². The summed E-state index contributed by atoms with van der Waals surface area (Å²) in [6.45, 7) is 11.0. The van der Waals surface area contributed by atoms with Crippen LogP contribution in [0.15, 0.2) is 77.5 Å². The number of aliphatic imine (C=N–C) groups is 1. The van der Waals surface area contributed by atoms with Crippen molar-refractivity contribution in [1.82, 2.24) is 10.2 Å². The van der Waals surface area contributed by atoms with E-state index in [1.54, 1.807) is 0 Å². The first kappa shape index (κ1) is 28.0. The van der Waals surface area contributed by atoms with E-state index in [0.717, 1.165) is 68.1 Å². The van der Waals surface area contributed by atoms with Crippen LogP contribution in [0, 0.1) is 31.6 Å². The molecule has 1 saturated heterocycles. The summed E-state index contributed by atoms with van der Waals surface area (Å²) in [6, 6.07) is 12.6. The highest BCUT2D eigenvalue weighted by Crippen LogP contribution is 2.25. The van der Waals surface area contributed by atoms with Gasteiger partial charge in [0.05, 0.1) is 19.8 Å². The molecule has 206 valence electrons. The van der Waals surface area contributed by atoms with E-state index in [0.29, 0.717) is 11.5 Å². The van der Waals surface area contributed by atoms with Crippen LogP contribution in [0.25, 0.3) is 0 Å². The highest BCUT2D eigenvalue weighted by molar-refractivity contribution is 5.99. The summed E-state index contributed by atoms with van der Waals surface area (Å²) in [6.07, 6.45) is 12.2. The first-order valence-electron chi connectivity index (χ1n) is 14.3. The predicted octanol–water partition coefficient (Wildman–Crippen LogP) is 5.88. The number of ketones is 1. The molecule has 5 rings (SSSR count). The van der Waals surface area contributed by atoms with Gasteiger partial charge < -0.3 is 10.1 Å². The molecule has 5 heteroatoms. The number of carbonyl (C=O) groups excluding carboxylic acids is 1. The molecule has 0 bridgehead atoms. The minimum Gasteiger partial charge on any atom is -0.379 e. The number of Topliss-reactive ketones (excluding diaryl/α,β-unsaturated/α-hetero) is 1. The molecule has 5 nitrogen and oxygen atoms in total. The zero-order chi connectivity index (χ0) is 27.9. The zero-order valence-corrected chi connectivity index (χ0v) is 23.9. The van der Waals surface area contributed by atoms with Gasteiger partial charge in [-0.15, -0.1) is 0 Å². The summed E-state index contributed by atoms with van der Waals surface area (Å²) in [7, 11) is 0. The molecule has 0 spiro atoms. The number of ether oxygens (including phenoxy) is 1. The van der Waals surface area contributed by atoms with E-state index in [-0.39, 0.29) is 18.4 Å². The van der Waals surface area contributed by atoms with Crippen LogP contribution in [-0.2, 0) is 11.3 Å². The fraction of sp³-hybridized carbons (Fsp3) is 0.371. The second-order valence-electron chi connectivity index (χ2n) is 11.1. The topological polar surface area (TPSA) is 53.9 Å². The lowest BCUT2D eigenvalue weighted by atomic mass is 9.90. The summed E-state index contributed by atoms with van der Waals surface area (Å²) in [5.41, 5.74) is 8.56. The van der Waals surface area contributed by atoms with Crippen LogP contribution in [0.3, 0.4) is 0 Å². The second kappa shape index (κ2) is 13.2. The number of benzene rings is 2. The van der Waals surface area contributed by atoms with Crippen LogP contribution < -0.4 is 5.32 Å². The number of nitrogens with zero attached hydrogens (tertiary/aromatic N) is 2. The van der Waals surface area contributed by atoms with E-state index in [1.807, 2.05) is 31.3 Å². The SMILES string of the molecule is Cc1cc(CN2CCOCC2)cc(C(C)NCC(=O)c2ccc(C)c(C#CC3=CN=C4C=CC=CCC4C3)c2)c1. The number of hydrogen-bond donors (Lipinski definition) is 1. The average molecular weight is 534 g/mol. The van der Waals surface area contributed by atoms with Crippen molar-refractivity contribution < 1.29 is 9.53 Å². The highest BCUT2D eigenvalue weighted by atomic mass is 16.5. The second-order valence-corrected chi connectivity index (χ2v) is 11.1. The molecule has 2 unspecified atom stereocenters. The maximum atomic E-state index is 13.2. The maximum Gasteiger partial charge on any atom is 0.176 e. The van der Waals surface area contributed by atoms with Crippen LogP contribution >= 0.6 is 0 Å². The van der Waals surface area contributed by atoms with Crippen molar-refractivity contribution in [1.29, 1.82) is 0 Å². The number of fused-ring (bicyclic) bond motifs is 1. The van der Waals surface area contributed by atoms with Crippen molar-refractivity contribution in [2.45, 2.75) is 46.2 Å². The average Bonchev–Trinajstić information content (AvgIpc) is 3.20. The molecule has 3 aliphatic rings. The molecule has 2 heterocycles. The van der Waals surface area contributed by atoms with Crippen molar-refractivity contribution in [3.8, 4) is 11.8 Å². The summed E-state index contributed by atoms with van der Waals surface area (Å²) in [5.74, 6) is 7.10. The number of hydrogen-bond acceptors (Lipinski definition) is 5. The molecule has 0 aromatic heterocycles. The molecule has 1 fully saturated rings. The molecular formula is C35H39N3O2. The molecule has 0 saturated carbocycles. The lowest BCUT2D eigenvalue weighted by molar-refractivity contribution is 0.0342. The van der Waals surface area contributed by atoms with Gasteiger partial charge in [-0.2, -0.15) is 0 Å². The lowest BCUT2D eigenvalue weighted by Crippen LogP contribution is -2.35. The Morgan fingerprint density at radius 3 is 2.83 bits per heavy atom. The molecule has 0 amide bonds. The van der Waals surface area contributed by atoms with E-state index in [1.165, 1.54) is 16.7 Å². The molecule has 2 aliphatic heterocycles. The fourth-order valence-corrected chi connectivity index (χ4v) is 5.42. The van der Waals surface area contributed by atoms with Gasteiger partial charge in [0.25, 0.3) is 0 Å². The first-order valence-corrected chi connectivity index (χ1v) is 14.3. The minimum absolute atomic E-state index is 0.0642. The number of morpholine rings is 1. The van der Waals surface area contributed by atoms with Gasteiger partial charge in [-0.3, -0.25) is 14.7 Å². The Bertz CT molecular complexity index is 1430. The van der Waals surface area contributed by atoms with Crippen molar-refractivity contribution in [3.63, 3.8) is 0 Å². The smallest absolute Gasteiger partial charge is 0.176 e. The maximum absolute atomic E-state index is 13.2. The largest absolute Gasteiger partial charge is 0.379 e. The van der Waals surface area contributed by atoms with E-state index >= 15 is 0 Å². The van der Waals surface area contributed by atoms with Gasteiger partial charge in [0.2, 0.25) is 0 Å². The highest BCUT2D eigenvalue weighted by Gasteiger charge is 2.19. The standard InChI is InChI=1S/C35H39N3O2/c1-25-17-29(24-38-13-15-40-16-14-38)20-33(18-25)27(3)36-23-35(39)32-11-9-26(2)30(21-32)12-10-28-19-31-7-5-4-6-8-34(31)37-22-28/h4-6,8-9,11,17-18,20-22,27,31,36H,7,13-16,19,23-24H2,1-3H3. The Hall–Kier alpha value is -3.56. The number of nitrogens with one attached hydrogen (secondary N) is 1. The Morgan fingerprint density at radius 2 is 1.98 bits per heavy atom. The van der Waals surface area contributed by atoms with Crippen LogP contribution in [0.5, 0.6) is 0 Å². The van der Waals surface area contributed by atoms with Crippen LogP contribution in [0.4, 0.5) is 0 Å². The third-order valence-electron chi connectivity index (χ3n) is 7.84. The van der Waals surface area contributed by atoms with Crippen molar-refractivity contribution in [2.24, 2.45) is 10.9 Å². The predicted molar refractivity (Wildman–Crippen MR) is 163 cm³/mol. The van der Waals surface area contributed by atoms with E-state index in [2.05, 4.69) is 83.4 Å². The van der Waals surface area contributed by atoms with Gasteiger partial charge in [0.1, 0.15) is 0 Å². The van der Waals surface area contributed by atoms with Crippen molar-refractivity contribution in [3.05, 3.63) is 106 Å². The Kier molecular flexibility index (Phi) is 9.23. The number of rotatable bonds is 7. The van der Waals surface area contributed by atoms with E-state index in [9.17, 15) is 4.79 Å². The molecule has 2 aromatic rings. The lowest BCUT2D eigenvalue weighted by Gasteiger charge is -2.27. The number of allylic oxidation sites excluding steroid dienone is 5. The summed E-state index contributed by atoms with van der Waals surface area (Å²) in [5, 5.41) is 3.45. The quantitative estimate of drug-likeness (QED) is 0.357. The first-order chi connectivity index (χ1) is 19.4. The van der Waals surface area contributed by atoms with E-state index < -0.39 is 0 Å². The van der Waals surface area contributed by atoms with Crippen molar-refractivity contribution >= 4 is 11.5 Å². The third kappa shape index (κ3) is 7.34. The molecule has 2 aromatic carbocycles. The Balaban J connectivity index is 1.21. The normalized spacial score (nSPS) is 19.5. The molecule has 1 aliphatic carbocycles. The van der Waals surface area contributed by atoms with Gasteiger partial charge in [0.15, 0.2) is 5.78 Å². The molecule has 0 radical (unpaired) electrons. The van der Waals surface area contributed by atoms with Gasteiger partial charge in [-0.25, -0.2) is 0 Å². The van der Waals surface area contributed by atoms with Crippen LogP contribution in [0.2, 0.25) is 0 Å². The van der Waals surface area contributed by atoms with Gasteiger partial charge in [-0.05, 0) is 62.4 Å². The summed E-state index contributed by atoms with van der Waals surface area (Å²) < 4.78 is 5.49. The minimum atomic E-state index is 0.0642. The van der Waals surface area contributed by atoms with E-state index in [4.69, 9.17) is 4.74 Å². The third-order valence-corrected chi connectivity index (χ3v) is 7.84. The summed E-state index contributed by atoms with van der Waals surface area (Å²) >= 11 is 0. The fourth-order valence-electron chi connectivity index (χ4n) is 5.42. The van der Waals surface area contributed by atoms with Gasteiger partial charge in [0, 0.05) is 60.2 Å².